The van der Waals surface area contributed by atoms with Crippen LogP contribution >= 0.6 is 0 Å². The first-order valence-electron chi connectivity index (χ1n) is 4.87. The van der Waals surface area contributed by atoms with Crippen LogP contribution in [0.5, 0.6) is 0 Å². The van der Waals surface area contributed by atoms with Gasteiger partial charge >= 0.3 is 0 Å². The van der Waals surface area contributed by atoms with Gasteiger partial charge in [-0.3, -0.25) is 9.78 Å². The van der Waals surface area contributed by atoms with Crippen LogP contribution in [0.2, 0.25) is 0 Å². The van der Waals surface area contributed by atoms with Crippen molar-refractivity contribution in [3.63, 3.8) is 0 Å². The number of carbonyl (C=O) groups is 1. The first-order valence-corrected chi connectivity index (χ1v) is 4.87. The van der Waals surface area contributed by atoms with Crippen molar-refractivity contribution in [3.8, 4) is 11.1 Å². The van der Waals surface area contributed by atoms with Crippen LogP contribution in [0.1, 0.15) is 21.5 Å². The van der Waals surface area contributed by atoms with E-state index in [1.807, 2.05) is 25.1 Å². The summed E-state index contributed by atoms with van der Waals surface area (Å²) < 4.78 is 0. The second-order valence-electron chi connectivity index (χ2n) is 3.80. The molecule has 1 aliphatic rings. The van der Waals surface area contributed by atoms with Crippen molar-refractivity contribution in [1.29, 1.82) is 0 Å². The zero-order valence-corrected chi connectivity index (χ0v) is 8.32. The Morgan fingerprint density at radius 2 is 1.87 bits per heavy atom. The van der Waals surface area contributed by atoms with E-state index in [0.717, 1.165) is 27.8 Å². The molecular weight excluding hydrogens is 186 g/mol. The van der Waals surface area contributed by atoms with E-state index in [1.54, 1.807) is 18.5 Å². The SMILES string of the molecule is Cc1ccc2c(c1)C(=O)c1ccncc1-2. The summed E-state index contributed by atoms with van der Waals surface area (Å²) in [4.78, 5) is 16.1. The average molecular weight is 195 g/mol. The summed E-state index contributed by atoms with van der Waals surface area (Å²) in [5.74, 6) is 0.117. The van der Waals surface area contributed by atoms with Gasteiger partial charge in [-0.15, -0.1) is 0 Å². The van der Waals surface area contributed by atoms with E-state index in [2.05, 4.69) is 4.98 Å². The molecule has 1 aliphatic carbocycles. The van der Waals surface area contributed by atoms with E-state index in [4.69, 9.17) is 0 Å². The topological polar surface area (TPSA) is 30.0 Å². The Balaban J connectivity index is 2.38. The van der Waals surface area contributed by atoms with E-state index in [1.165, 1.54) is 0 Å². The third-order valence-electron chi connectivity index (χ3n) is 2.78. The second kappa shape index (κ2) is 2.76. The number of aryl methyl sites for hydroxylation is 1. The number of fused-ring (bicyclic) bond motifs is 3. The number of ketones is 1. The molecule has 0 radical (unpaired) electrons. The first-order chi connectivity index (χ1) is 7.27. The predicted octanol–water partition coefficient (Wildman–Crippen LogP) is 2.60. The molecule has 3 rings (SSSR count). The minimum Gasteiger partial charge on any atom is -0.289 e. The molecule has 1 aromatic heterocycles. The lowest BCUT2D eigenvalue weighted by Crippen LogP contribution is -1.95. The summed E-state index contributed by atoms with van der Waals surface area (Å²) in [5.41, 5.74) is 4.65. The number of benzene rings is 1. The summed E-state index contributed by atoms with van der Waals surface area (Å²) >= 11 is 0. The molecule has 0 amide bonds. The Bertz CT molecular complexity index is 572. The van der Waals surface area contributed by atoms with Crippen molar-refractivity contribution in [2.24, 2.45) is 0 Å². The molecule has 1 aromatic carbocycles. The maximum atomic E-state index is 12.0. The molecule has 0 unspecified atom stereocenters. The van der Waals surface area contributed by atoms with Gasteiger partial charge in [-0.25, -0.2) is 0 Å². The summed E-state index contributed by atoms with van der Waals surface area (Å²) in [6.45, 7) is 1.99. The van der Waals surface area contributed by atoms with E-state index in [0.29, 0.717) is 0 Å². The fraction of sp³-hybridized carbons (Fsp3) is 0.0769. The number of hydrogen-bond donors (Lipinski definition) is 0. The minimum absolute atomic E-state index is 0.117. The summed E-state index contributed by atoms with van der Waals surface area (Å²) in [5, 5.41) is 0. The monoisotopic (exact) mass is 195 g/mol. The molecule has 15 heavy (non-hydrogen) atoms. The second-order valence-corrected chi connectivity index (χ2v) is 3.80. The molecule has 0 atom stereocenters. The number of carbonyl (C=O) groups excluding carboxylic acids is 1. The van der Waals surface area contributed by atoms with Gasteiger partial charge in [0, 0.05) is 29.1 Å². The Morgan fingerprint density at radius 3 is 2.73 bits per heavy atom. The molecule has 72 valence electrons. The lowest BCUT2D eigenvalue weighted by molar-refractivity contribution is 0.104. The normalized spacial score (nSPS) is 12.5. The van der Waals surface area contributed by atoms with Crippen LogP contribution in [0.4, 0.5) is 0 Å². The maximum Gasteiger partial charge on any atom is 0.194 e. The van der Waals surface area contributed by atoms with E-state index < -0.39 is 0 Å². The first kappa shape index (κ1) is 8.36. The highest BCUT2D eigenvalue weighted by molar-refractivity contribution is 6.21. The van der Waals surface area contributed by atoms with Gasteiger partial charge < -0.3 is 0 Å². The van der Waals surface area contributed by atoms with Crippen LogP contribution in [0.15, 0.2) is 36.7 Å². The van der Waals surface area contributed by atoms with Gasteiger partial charge in [0.2, 0.25) is 0 Å². The zero-order valence-electron chi connectivity index (χ0n) is 8.32. The van der Waals surface area contributed by atoms with Gasteiger partial charge in [0.1, 0.15) is 0 Å². The smallest absolute Gasteiger partial charge is 0.194 e. The van der Waals surface area contributed by atoms with Crippen molar-refractivity contribution in [3.05, 3.63) is 53.3 Å². The number of hydrogen-bond acceptors (Lipinski definition) is 2. The quantitative estimate of drug-likeness (QED) is 0.552. The van der Waals surface area contributed by atoms with Crippen LogP contribution in [-0.2, 0) is 0 Å². The Kier molecular flexibility index (Phi) is 1.54. The molecule has 0 bridgehead atoms. The maximum absolute atomic E-state index is 12.0. The van der Waals surface area contributed by atoms with Gasteiger partial charge in [-0.2, -0.15) is 0 Å². The van der Waals surface area contributed by atoms with Crippen molar-refractivity contribution >= 4 is 5.78 Å². The molecule has 0 N–H and O–H groups in total. The summed E-state index contributed by atoms with van der Waals surface area (Å²) in [6, 6.07) is 7.74. The number of nitrogens with zero attached hydrogens (tertiary/aromatic N) is 1. The van der Waals surface area contributed by atoms with E-state index >= 15 is 0 Å². The standard InChI is InChI=1S/C13H9NO/c1-8-2-3-9-11(6-8)13(15)10-4-5-14-7-12(9)10/h2-7H,1H3. The molecule has 0 saturated heterocycles. The van der Waals surface area contributed by atoms with Gasteiger partial charge in [-0.05, 0) is 24.6 Å². The van der Waals surface area contributed by atoms with Gasteiger partial charge in [0.25, 0.3) is 0 Å². The largest absolute Gasteiger partial charge is 0.289 e. The fourth-order valence-electron chi connectivity index (χ4n) is 2.03. The highest BCUT2D eigenvalue weighted by atomic mass is 16.1. The van der Waals surface area contributed by atoms with E-state index in [9.17, 15) is 4.79 Å². The summed E-state index contributed by atoms with van der Waals surface area (Å²) in [7, 11) is 0. The predicted molar refractivity (Wildman–Crippen MR) is 57.8 cm³/mol. The lowest BCUT2D eigenvalue weighted by atomic mass is 10.1. The average Bonchev–Trinajstić information content (AvgIpc) is 2.54. The molecular formula is C13H9NO. The molecule has 0 aliphatic heterocycles. The fourth-order valence-corrected chi connectivity index (χ4v) is 2.03. The van der Waals surface area contributed by atoms with E-state index in [-0.39, 0.29) is 5.78 Å². The van der Waals surface area contributed by atoms with Gasteiger partial charge in [0.05, 0.1) is 0 Å². The van der Waals surface area contributed by atoms with Crippen LogP contribution in [0, 0.1) is 6.92 Å². The van der Waals surface area contributed by atoms with Gasteiger partial charge in [0.15, 0.2) is 5.78 Å². The van der Waals surface area contributed by atoms with Crippen molar-refractivity contribution < 1.29 is 4.79 Å². The molecule has 0 spiro atoms. The van der Waals surface area contributed by atoms with Crippen molar-refractivity contribution in [1.82, 2.24) is 4.98 Å². The van der Waals surface area contributed by atoms with Crippen molar-refractivity contribution in [2.75, 3.05) is 0 Å². The van der Waals surface area contributed by atoms with Crippen LogP contribution in [-0.4, -0.2) is 10.8 Å². The van der Waals surface area contributed by atoms with Crippen LogP contribution in [0.3, 0.4) is 0 Å². The third kappa shape index (κ3) is 1.05. The van der Waals surface area contributed by atoms with Crippen molar-refractivity contribution in [2.45, 2.75) is 6.92 Å². The number of rotatable bonds is 0. The molecule has 0 fully saturated rings. The molecule has 2 heteroatoms. The highest BCUT2D eigenvalue weighted by Gasteiger charge is 2.26. The highest BCUT2D eigenvalue weighted by Crippen LogP contribution is 2.35. The molecule has 2 aromatic rings. The number of aromatic nitrogens is 1. The minimum atomic E-state index is 0.117. The Hall–Kier alpha value is -1.96. The molecule has 1 heterocycles. The number of pyridine rings is 1. The van der Waals surface area contributed by atoms with Crippen LogP contribution < -0.4 is 0 Å². The molecule has 2 nitrogen and oxygen atoms in total. The summed E-state index contributed by atoms with van der Waals surface area (Å²) in [6.07, 6.45) is 3.42. The molecule has 0 saturated carbocycles. The Morgan fingerprint density at radius 1 is 1.00 bits per heavy atom. The third-order valence-corrected chi connectivity index (χ3v) is 2.78. The lowest BCUT2D eigenvalue weighted by Gasteiger charge is -1.98. The van der Waals surface area contributed by atoms with Gasteiger partial charge in [-0.1, -0.05) is 17.7 Å². The van der Waals surface area contributed by atoms with Crippen LogP contribution in [0.25, 0.3) is 11.1 Å². The Labute approximate surface area is 87.6 Å². The zero-order chi connectivity index (χ0) is 10.4.